The first-order chi connectivity index (χ1) is 8.63. The molecule has 1 aromatic carbocycles. The molecule has 1 amide bonds. The van der Waals surface area contributed by atoms with Crippen molar-refractivity contribution in [2.75, 3.05) is 13.1 Å². The molecule has 0 aromatic heterocycles. The predicted molar refractivity (Wildman–Crippen MR) is 68.5 cm³/mol. The van der Waals surface area contributed by atoms with Crippen molar-refractivity contribution < 1.29 is 14.4 Å². The number of hydrogen-bond acceptors (Lipinski definition) is 3. The lowest BCUT2D eigenvalue weighted by molar-refractivity contribution is 0.0748. The Morgan fingerprint density at radius 1 is 1.39 bits per heavy atom. The predicted octanol–water partition coefficient (Wildman–Crippen LogP) is 2.65. The Hall–Kier alpha value is -1.43. The van der Waals surface area contributed by atoms with E-state index in [1.165, 1.54) is 6.07 Å². The summed E-state index contributed by atoms with van der Waals surface area (Å²) >= 11 is 3.19. The van der Waals surface area contributed by atoms with Crippen molar-refractivity contribution in [2.45, 2.75) is 12.8 Å². The number of nitrogens with zero attached hydrogens (tertiary/aromatic N) is 2. The van der Waals surface area contributed by atoms with E-state index in [4.69, 9.17) is 5.21 Å². The lowest BCUT2D eigenvalue weighted by atomic mass is 10.1. The van der Waals surface area contributed by atoms with E-state index in [0.29, 0.717) is 36.1 Å². The van der Waals surface area contributed by atoms with Crippen LogP contribution in [0.15, 0.2) is 27.8 Å². The summed E-state index contributed by atoms with van der Waals surface area (Å²) < 4.78 is 14.1. The van der Waals surface area contributed by atoms with Crippen LogP contribution >= 0.6 is 15.9 Å². The highest BCUT2D eigenvalue weighted by Crippen LogP contribution is 2.22. The van der Waals surface area contributed by atoms with E-state index in [1.807, 2.05) is 0 Å². The molecule has 6 heteroatoms. The van der Waals surface area contributed by atoms with Gasteiger partial charge in [0.25, 0.3) is 5.91 Å². The van der Waals surface area contributed by atoms with E-state index >= 15 is 0 Å². The van der Waals surface area contributed by atoms with Crippen LogP contribution in [0.1, 0.15) is 23.2 Å². The van der Waals surface area contributed by atoms with Gasteiger partial charge in [0.1, 0.15) is 5.82 Å². The molecule has 96 valence electrons. The minimum Gasteiger partial charge on any atom is -0.411 e. The topological polar surface area (TPSA) is 52.9 Å². The summed E-state index contributed by atoms with van der Waals surface area (Å²) in [6.07, 6.45) is 1.04. The molecule has 0 atom stereocenters. The third-order valence-corrected chi connectivity index (χ3v) is 3.61. The second kappa shape index (κ2) is 5.48. The number of oxime groups is 1. The van der Waals surface area contributed by atoms with Gasteiger partial charge in [0.05, 0.1) is 11.3 Å². The van der Waals surface area contributed by atoms with Gasteiger partial charge in [0.15, 0.2) is 0 Å². The smallest absolute Gasteiger partial charge is 0.258 e. The molecule has 1 heterocycles. The quantitative estimate of drug-likeness (QED) is 0.640. The summed E-state index contributed by atoms with van der Waals surface area (Å²) in [7, 11) is 0. The number of likely N-dealkylation sites (tertiary alicyclic amines) is 1. The molecule has 2 rings (SSSR count). The summed E-state index contributed by atoms with van der Waals surface area (Å²) in [6.45, 7) is 0.887. The first kappa shape index (κ1) is 13.0. The van der Waals surface area contributed by atoms with Gasteiger partial charge >= 0.3 is 0 Å². The number of piperidine rings is 1. The maximum absolute atomic E-state index is 13.7. The molecule has 1 saturated heterocycles. The fourth-order valence-corrected chi connectivity index (χ4v) is 2.44. The zero-order chi connectivity index (χ0) is 13.1. The van der Waals surface area contributed by atoms with Gasteiger partial charge in [-0.05, 0) is 28.1 Å². The SMILES string of the molecule is O=C(c1c(F)cccc1Br)N1CCC(=NO)CC1. The average molecular weight is 315 g/mol. The van der Waals surface area contributed by atoms with Gasteiger partial charge in [-0.2, -0.15) is 0 Å². The Morgan fingerprint density at radius 2 is 2.06 bits per heavy atom. The first-order valence-corrected chi connectivity index (χ1v) is 6.36. The van der Waals surface area contributed by atoms with E-state index in [2.05, 4.69) is 21.1 Å². The summed E-state index contributed by atoms with van der Waals surface area (Å²) in [5.74, 6) is -0.868. The van der Waals surface area contributed by atoms with Crippen molar-refractivity contribution in [1.82, 2.24) is 4.90 Å². The number of hydrogen-bond donors (Lipinski definition) is 1. The molecule has 4 nitrogen and oxygen atoms in total. The molecule has 1 N–H and O–H groups in total. The highest BCUT2D eigenvalue weighted by Gasteiger charge is 2.25. The maximum atomic E-state index is 13.7. The second-order valence-corrected chi connectivity index (χ2v) is 4.91. The van der Waals surface area contributed by atoms with Gasteiger partial charge in [-0.15, -0.1) is 0 Å². The molecule has 1 aliphatic rings. The van der Waals surface area contributed by atoms with Crippen LogP contribution in [0.25, 0.3) is 0 Å². The number of halogens is 2. The minimum absolute atomic E-state index is 0.0573. The van der Waals surface area contributed by atoms with Crippen molar-refractivity contribution in [3.63, 3.8) is 0 Å². The number of benzene rings is 1. The Bertz CT molecular complexity index is 475. The fraction of sp³-hybridized carbons (Fsp3) is 0.333. The summed E-state index contributed by atoms with van der Waals surface area (Å²) in [5, 5.41) is 11.8. The summed E-state index contributed by atoms with van der Waals surface area (Å²) in [4.78, 5) is 13.8. The molecule has 0 unspecified atom stereocenters. The van der Waals surface area contributed by atoms with E-state index < -0.39 is 5.82 Å². The molecule has 0 radical (unpaired) electrons. The Kier molecular flexibility index (Phi) is 3.96. The van der Waals surface area contributed by atoms with Crippen molar-refractivity contribution in [3.05, 3.63) is 34.1 Å². The Labute approximate surface area is 112 Å². The Balaban J connectivity index is 2.18. The summed E-state index contributed by atoms with van der Waals surface area (Å²) in [6, 6.07) is 4.45. The largest absolute Gasteiger partial charge is 0.411 e. The molecule has 0 aliphatic carbocycles. The van der Waals surface area contributed by atoms with Crippen LogP contribution in [0.2, 0.25) is 0 Å². The standard InChI is InChI=1S/C12H12BrFN2O2/c13-9-2-1-3-10(14)11(9)12(17)16-6-4-8(15-18)5-7-16/h1-3,18H,4-7H2. The summed E-state index contributed by atoms with van der Waals surface area (Å²) in [5.41, 5.74) is 0.730. The van der Waals surface area contributed by atoms with Crippen LogP contribution in [-0.2, 0) is 0 Å². The molecule has 18 heavy (non-hydrogen) atoms. The Morgan fingerprint density at radius 3 is 2.61 bits per heavy atom. The fourth-order valence-electron chi connectivity index (χ4n) is 1.93. The molecular formula is C12H12BrFN2O2. The molecule has 0 spiro atoms. The van der Waals surface area contributed by atoms with Gasteiger partial charge < -0.3 is 10.1 Å². The maximum Gasteiger partial charge on any atom is 0.258 e. The third kappa shape index (κ3) is 2.53. The van der Waals surface area contributed by atoms with E-state index in [-0.39, 0.29) is 11.5 Å². The van der Waals surface area contributed by atoms with Crippen molar-refractivity contribution in [3.8, 4) is 0 Å². The number of carbonyl (C=O) groups is 1. The lowest BCUT2D eigenvalue weighted by Gasteiger charge is -2.27. The van der Waals surface area contributed by atoms with Gasteiger partial charge in [-0.1, -0.05) is 11.2 Å². The second-order valence-electron chi connectivity index (χ2n) is 4.06. The normalized spacial score (nSPS) is 15.7. The first-order valence-electron chi connectivity index (χ1n) is 5.56. The highest BCUT2D eigenvalue weighted by atomic mass is 79.9. The molecule has 1 aliphatic heterocycles. The monoisotopic (exact) mass is 314 g/mol. The lowest BCUT2D eigenvalue weighted by Crippen LogP contribution is -2.39. The van der Waals surface area contributed by atoms with Gasteiger partial charge in [-0.25, -0.2) is 4.39 Å². The number of rotatable bonds is 1. The zero-order valence-corrected chi connectivity index (χ0v) is 11.2. The van der Waals surface area contributed by atoms with Crippen LogP contribution in [0.4, 0.5) is 4.39 Å². The van der Waals surface area contributed by atoms with Crippen LogP contribution in [0.3, 0.4) is 0 Å². The molecular weight excluding hydrogens is 303 g/mol. The van der Waals surface area contributed by atoms with Gasteiger partial charge in [0, 0.05) is 30.4 Å². The van der Waals surface area contributed by atoms with Crippen LogP contribution in [-0.4, -0.2) is 34.8 Å². The van der Waals surface area contributed by atoms with Crippen LogP contribution in [0.5, 0.6) is 0 Å². The third-order valence-electron chi connectivity index (χ3n) is 2.95. The highest BCUT2D eigenvalue weighted by molar-refractivity contribution is 9.10. The number of amides is 1. The van der Waals surface area contributed by atoms with E-state index in [1.54, 1.807) is 17.0 Å². The van der Waals surface area contributed by atoms with E-state index in [0.717, 1.165) is 0 Å². The molecule has 0 bridgehead atoms. The number of carbonyl (C=O) groups excluding carboxylic acids is 1. The molecule has 0 saturated carbocycles. The zero-order valence-electron chi connectivity index (χ0n) is 9.57. The van der Waals surface area contributed by atoms with Crippen molar-refractivity contribution >= 4 is 27.5 Å². The van der Waals surface area contributed by atoms with Crippen LogP contribution < -0.4 is 0 Å². The van der Waals surface area contributed by atoms with Crippen molar-refractivity contribution in [1.29, 1.82) is 0 Å². The van der Waals surface area contributed by atoms with Crippen molar-refractivity contribution in [2.24, 2.45) is 5.16 Å². The molecule has 1 aromatic rings. The average Bonchev–Trinajstić information content (AvgIpc) is 2.38. The van der Waals surface area contributed by atoms with Crippen LogP contribution in [0, 0.1) is 5.82 Å². The minimum atomic E-state index is -0.531. The molecule has 1 fully saturated rings. The van der Waals surface area contributed by atoms with E-state index in [9.17, 15) is 9.18 Å². The van der Waals surface area contributed by atoms with Gasteiger partial charge in [-0.3, -0.25) is 4.79 Å². The van der Waals surface area contributed by atoms with Gasteiger partial charge in [0.2, 0.25) is 0 Å².